The summed E-state index contributed by atoms with van der Waals surface area (Å²) in [4.78, 5) is 2.15. The highest BCUT2D eigenvalue weighted by Crippen LogP contribution is 2.46. The monoisotopic (exact) mass is 310 g/mol. The maximum absolute atomic E-state index is 6.36. The van der Waals surface area contributed by atoms with E-state index in [0.29, 0.717) is 0 Å². The molecule has 2 aliphatic rings. The smallest absolute Gasteiger partial charge is 0.184 e. The number of fused-ring (bicyclic) bond motifs is 4. The van der Waals surface area contributed by atoms with Gasteiger partial charge in [0.05, 0.1) is 6.04 Å². The molecule has 2 bridgehead atoms. The van der Waals surface area contributed by atoms with Crippen molar-refractivity contribution in [2.24, 2.45) is 0 Å². The second-order valence-corrected chi connectivity index (χ2v) is 6.91. The molecular weight excluding hydrogens is 292 g/mol. The molecule has 1 N–H and O–H groups in total. The van der Waals surface area contributed by atoms with Crippen molar-refractivity contribution < 1.29 is 4.74 Å². The molecule has 1 fully saturated rings. The lowest BCUT2D eigenvalue weighted by Gasteiger charge is -2.54. The minimum absolute atomic E-state index is 0.170. The molecule has 108 valence electrons. The number of nitrogens with zero attached hydrogens (tertiary/aromatic N) is 1. The maximum Gasteiger partial charge on any atom is 0.184 e. The largest absolute Gasteiger partial charge is 0.467 e. The molecule has 2 aliphatic heterocycles. The molecule has 1 aromatic rings. The van der Waals surface area contributed by atoms with Crippen LogP contribution in [0.5, 0.6) is 5.75 Å². The van der Waals surface area contributed by atoms with Crippen LogP contribution in [-0.4, -0.2) is 21.8 Å². The van der Waals surface area contributed by atoms with Crippen molar-refractivity contribution in [2.45, 2.75) is 51.9 Å². The first kappa shape index (κ1) is 14.0. The number of aryl methyl sites for hydroxylation is 1. The Morgan fingerprint density at radius 2 is 2.20 bits per heavy atom. The Morgan fingerprint density at radius 1 is 1.50 bits per heavy atom. The third-order valence-electron chi connectivity index (χ3n) is 4.09. The van der Waals surface area contributed by atoms with Crippen LogP contribution in [0.25, 0.3) is 0 Å². The Balaban J connectivity index is 2.13. The highest BCUT2D eigenvalue weighted by Gasteiger charge is 2.48. The summed E-state index contributed by atoms with van der Waals surface area (Å²) < 4.78 is 6.36. The summed E-state index contributed by atoms with van der Waals surface area (Å²) in [6.07, 6.45) is 0.859. The fourth-order valence-electron chi connectivity index (χ4n) is 3.39. The van der Waals surface area contributed by atoms with E-state index in [2.05, 4.69) is 31.0 Å². The lowest BCUT2D eigenvalue weighted by Crippen LogP contribution is -2.66. The fraction of sp³-hybridized carbons (Fsp3) is 0.533. The van der Waals surface area contributed by atoms with Gasteiger partial charge < -0.3 is 15.0 Å². The predicted molar refractivity (Wildman–Crippen MR) is 85.3 cm³/mol. The third kappa shape index (κ3) is 1.97. The van der Waals surface area contributed by atoms with Gasteiger partial charge in [0, 0.05) is 23.0 Å². The van der Waals surface area contributed by atoms with E-state index in [1.807, 2.05) is 19.1 Å². The summed E-state index contributed by atoms with van der Waals surface area (Å²) in [5.41, 5.74) is 1.78. The number of thiocarbonyl (C=S) groups is 1. The standard InChI is InChI=1S/C15H19ClN2OS/c1-8(2)18-14(20)17-12-7-15(18,4)19-13-9(3)5-10(16)6-11(12)13/h5-6,8,12H,7H2,1-4H3,(H,17,20). The molecule has 20 heavy (non-hydrogen) atoms. The maximum atomic E-state index is 6.36. The van der Waals surface area contributed by atoms with E-state index in [0.717, 1.165) is 33.4 Å². The Kier molecular flexibility index (Phi) is 3.14. The van der Waals surface area contributed by atoms with Gasteiger partial charge in [-0.2, -0.15) is 0 Å². The molecule has 3 rings (SSSR count). The highest BCUT2D eigenvalue weighted by atomic mass is 35.5. The average molecular weight is 311 g/mol. The number of halogens is 1. The van der Waals surface area contributed by atoms with Crippen LogP contribution in [0.2, 0.25) is 5.02 Å². The summed E-state index contributed by atoms with van der Waals surface area (Å²) >= 11 is 11.7. The van der Waals surface area contributed by atoms with Crippen LogP contribution < -0.4 is 10.1 Å². The SMILES string of the molecule is Cc1cc(Cl)cc2c1OC1(C)CC2NC(=S)N1C(C)C. The highest BCUT2D eigenvalue weighted by molar-refractivity contribution is 7.80. The van der Waals surface area contributed by atoms with Crippen LogP contribution in [0, 0.1) is 6.92 Å². The van der Waals surface area contributed by atoms with Crippen molar-refractivity contribution in [3.63, 3.8) is 0 Å². The van der Waals surface area contributed by atoms with Gasteiger partial charge >= 0.3 is 0 Å². The first-order chi connectivity index (χ1) is 9.32. The minimum atomic E-state index is -0.396. The van der Waals surface area contributed by atoms with Gasteiger partial charge in [-0.25, -0.2) is 0 Å². The number of hydrogen-bond donors (Lipinski definition) is 1. The van der Waals surface area contributed by atoms with Crippen molar-refractivity contribution in [1.82, 2.24) is 10.2 Å². The second kappa shape index (κ2) is 4.50. The Hall–Kier alpha value is -1.00. The van der Waals surface area contributed by atoms with Crippen LogP contribution in [0.4, 0.5) is 0 Å². The molecule has 0 radical (unpaired) electrons. The number of benzene rings is 1. The Bertz CT molecular complexity index is 589. The summed E-state index contributed by atoms with van der Waals surface area (Å²) in [5, 5.41) is 4.93. The van der Waals surface area contributed by atoms with Gasteiger partial charge in [-0.15, -0.1) is 0 Å². The summed E-state index contributed by atoms with van der Waals surface area (Å²) in [6.45, 7) is 8.41. The van der Waals surface area contributed by atoms with E-state index in [-0.39, 0.29) is 12.1 Å². The zero-order valence-electron chi connectivity index (χ0n) is 12.2. The lowest BCUT2D eigenvalue weighted by atomic mass is 9.89. The second-order valence-electron chi connectivity index (χ2n) is 6.09. The quantitative estimate of drug-likeness (QED) is 0.798. The normalized spacial score (nSPS) is 28.0. The molecule has 2 unspecified atom stereocenters. The van der Waals surface area contributed by atoms with Crippen LogP contribution in [0.3, 0.4) is 0 Å². The van der Waals surface area contributed by atoms with Crippen molar-refractivity contribution in [3.8, 4) is 5.75 Å². The molecule has 5 heteroatoms. The van der Waals surface area contributed by atoms with Crippen LogP contribution >= 0.6 is 23.8 Å². The van der Waals surface area contributed by atoms with Crippen molar-refractivity contribution >= 4 is 28.9 Å². The Labute approximate surface area is 130 Å². The number of ether oxygens (including phenoxy) is 1. The van der Waals surface area contributed by atoms with E-state index < -0.39 is 5.72 Å². The molecule has 0 aliphatic carbocycles. The van der Waals surface area contributed by atoms with Crippen molar-refractivity contribution in [1.29, 1.82) is 0 Å². The molecule has 1 aromatic carbocycles. The van der Waals surface area contributed by atoms with E-state index >= 15 is 0 Å². The van der Waals surface area contributed by atoms with Gasteiger partial charge in [0.15, 0.2) is 10.8 Å². The lowest BCUT2D eigenvalue weighted by molar-refractivity contribution is -0.0812. The summed E-state index contributed by atoms with van der Waals surface area (Å²) in [5.74, 6) is 0.939. The molecule has 0 amide bonds. The zero-order chi connectivity index (χ0) is 14.7. The van der Waals surface area contributed by atoms with Gasteiger partial charge in [-0.05, 0) is 57.6 Å². The molecule has 3 nitrogen and oxygen atoms in total. The summed E-state index contributed by atoms with van der Waals surface area (Å²) in [7, 11) is 0. The fourth-order valence-corrected chi connectivity index (χ4v) is 4.22. The van der Waals surface area contributed by atoms with Crippen molar-refractivity contribution in [2.75, 3.05) is 0 Å². The van der Waals surface area contributed by atoms with Crippen LogP contribution in [0.1, 0.15) is 44.4 Å². The van der Waals surface area contributed by atoms with E-state index in [1.165, 1.54) is 0 Å². The predicted octanol–water partition coefficient (Wildman–Crippen LogP) is 3.79. The van der Waals surface area contributed by atoms with E-state index in [1.54, 1.807) is 0 Å². The molecule has 0 saturated carbocycles. The first-order valence-electron chi connectivity index (χ1n) is 6.91. The first-order valence-corrected chi connectivity index (χ1v) is 7.69. The van der Waals surface area contributed by atoms with Crippen LogP contribution in [0.15, 0.2) is 12.1 Å². The topological polar surface area (TPSA) is 24.5 Å². The van der Waals surface area contributed by atoms with E-state index in [4.69, 9.17) is 28.6 Å². The van der Waals surface area contributed by atoms with Gasteiger partial charge in [-0.1, -0.05) is 11.6 Å². The number of rotatable bonds is 1. The van der Waals surface area contributed by atoms with Gasteiger partial charge in [-0.3, -0.25) is 0 Å². The average Bonchev–Trinajstić information content (AvgIpc) is 2.29. The molecule has 1 saturated heterocycles. The molecule has 0 spiro atoms. The molecule has 0 aromatic heterocycles. The molecule has 2 atom stereocenters. The number of hydrogen-bond acceptors (Lipinski definition) is 2. The van der Waals surface area contributed by atoms with Crippen molar-refractivity contribution in [3.05, 3.63) is 28.3 Å². The van der Waals surface area contributed by atoms with E-state index in [9.17, 15) is 0 Å². The molecule has 2 heterocycles. The van der Waals surface area contributed by atoms with Gasteiger partial charge in [0.2, 0.25) is 0 Å². The minimum Gasteiger partial charge on any atom is -0.467 e. The van der Waals surface area contributed by atoms with Gasteiger partial charge in [0.1, 0.15) is 5.75 Å². The van der Waals surface area contributed by atoms with Gasteiger partial charge in [0.25, 0.3) is 0 Å². The third-order valence-corrected chi connectivity index (χ3v) is 4.62. The molecular formula is C15H19ClN2OS. The zero-order valence-corrected chi connectivity index (χ0v) is 13.7. The Morgan fingerprint density at radius 3 is 2.85 bits per heavy atom. The summed E-state index contributed by atoms with van der Waals surface area (Å²) in [6, 6.07) is 4.39. The number of nitrogens with one attached hydrogen (secondary N) is 1. The van der Waals surface area contributed by atoms with Crippen LogP contribution in [-0.2, 0) is 0 Å².